The lowest BCUT2D eigenvalue weighted by Gasteiger charge is -2.60. The molecule has 0 aromatic heterocycles. The van der Waals surface area contributed by atoms with E-state index in [-0.39, 0.29) is 40.7 Å². The van der Waals surface area contributed by atoms with Gasteiger partial charge in [-0.3, -0.25) is 9.59 Å². The average Bonchev–Trinajstić information content (AvgIpc) is 2.87. The summed E-state index contributed by atoms with van der Waals surface area (Å²) in [5, 5.41) is 13.4. The van der Waals surface area contributed by atoms with Gasteiger partial charge in [0.15, 0.2) is 0 Å². The molecule has 0 spiro atoms. The van der Waals surface area contributed by atoms with Gasteiger partial charge in [-0.1, -0.05) is 13.8 Å². The Morgan fingerprint density at radius 2 is 1.75 bits per heavy atom. The Bertz CT molecular complexity index is 575. The van der Waals surface area contributed by atoms with E-state index in [0.717, 1.165) is 38.5 Å². The first kappa shape index (κ1) is 16.6. The highest BCUT2D eigenvalue weighted by Gasteiger charge is 2.62. The molecule has 0 radical (unpaired) electrons. The molecule has 3 saturated carbocycles. The second-order valence-corrected chi connectivity index (χ2v) is 9.52. The van der Waals surface area contributed by atoms with Gasteiger partial charge < -0.3 is 10.4 Å². The topological polar surface area (TPSA) is 66.4 Å². The maximum absolute atomic E-state index is 12.9. The Morgan fingerprint density at radius 3 is 2.46 bits per heavy atom. The minimum Gasteiger partial charge on any atom is -0.393 e. The number of piperidine rings is 1. The highest BCUT2D eigenvalue weighted by molar-refractivity contribution is 5.82. The summed E-state index contributed by atoms with van der Waals surface area (Å²) < 4.78 is 0. The quantitative estimate of drug-likeness (QED) is 0.775. The number of rotatable bonds is 1. The third-order valence-corrected chi connectivity index (χ3v) is 8.55. The van der Waals surface area contributed by atoms with Gasteiger partial charge in [0, 0.05) is 17.9 Å². The van der Waals surface area contributed by atoms with Gasteiger partial charge in [0.1, 0.15) is 5.78 Å². The second-order valence-electron chi connectivity index (χ2n) is 9.52. The molecule has 0 aromatic carbocycles. The summed E-state index contributed by atoms with van der Waals surface area (Å²) in [6, 6.07) is 0.220. The molecule has 4 aliphatic rings. The van der Waals surface area contributed by atoms with E-state index in [1.807, 2.05) is 0 Å². The van der Waals surface area contributed by atoms with Crippen molar-refractivity contribution in [2.45, 2.75) is 77.9 Å². The fourth-order valence-electron chi connectivity index (χ4n) is 7.17. The normalized spacial score (nSPS) is 53.6. The van der Waals surface area contributed by atoms with E-state index in [1.54, 1.807) is 6.92 Å². The molecule has 4 heteroatoms. The lowest BCUT2D eigenvalue weighted by Crippen LogP contribution is -2.66. The summed E-state index contributed by atoms with van der Waals surface area (Å²) in [7, 11) is 0. The van der Waals surface area contributed by atoms with Crippen LogP contribution in [0.2, 0.25) is 0 Å². The first-order chi connectivity index (χ1) is 11.3. The summed E-state index contributed by atoms with van der Waals surface area (Å²) in [5.41, 5.74) is 0.0690. The zero-order valence-electron chi connectivity index (χ0n) is 15.2. The van der Waals surface area contributed by atoms with Crippen LogP contribution in [0.25, 0.3) is 0 Å². The van der Waals surface area contributed by atoms with Crippen molar-refractivity contribution in [2.24, 2.45) is 34.5 Å². The Hall–Kier alpha value is -0.900. The number of ketones is 1. The van der Waals surface area contributed by atoms with Crippen LogP contribution in [0.5, 0.6) is 0 Å². The van der Waals surface area contributed by atoms with E-state index in [9.17, 15) is 14.7 Å². The van der Waals surface area contributed by atoms with Crippen LogP contribution < -0.4 is 5.32 Å². The monoisotopic (exact) mass is 333 g/mol. The molecule has 4 fully saturated rings. The van der Waals surface area contributed by atoms with Crippen molar-refractivity contribution in [3.05, 3.63) is 0 Å². The van der Waals surface area contributed by atoms with Gasteiger partial charge in [0.05, 0.1) is 6.10 Å². The molecule has 24 heavy (non-hydrogen) atoms. The van der Waals surface area contributed by atoms with E-state index in [2.05, 4.69) is 19.2 Å². The SMILES string of the molecule is CC(=O)[C@H]1CC[C@H]2[C@H]3NC(=O)[C@H]4C[C@H](O)CC[C@]4(C)[C@H]3CC[C@]12C. The van der Waals surface area contributed by atoms with Crippen molar-refractivity contribution in [1.29, 1.82) is 0 Å². The van der Waals surface area contributed by atoms with E-state index >= 15 is 0 Å². The number of amides is 1. The number of fused-ring (bicyclic) bond motifs is 5. The molecule has 0 unspecified atom stereocenters. The number of aliphatic hydroxyl groups is 1. The largest absolute Gasteiger partial charge is 0.393 e. The van der Waals surface area contributed by atoms with Crippen molar-refractivity contribution in [2.75, 3.05) is 0 Å². The molecule has 0 aromatic rings. The third kappa shape index (κ3) is 2.07. The smallest absolute Gasteiger partial charge is 0.224 e. The zero-order chi connectivity index (χ0) is 17.3. The van der Waals surface area contributed by atoms with Crippen molar-refractivity contribution in [1.82, 2.24) is 5.32 Å². The predicted octanol–water partition coefficient (Wildman–Crippen LogP) is 2.68. The highest BCUT2D eigenvalue weighted by atomic mass is 16.3. The Morgan fingerprint density at radius 1 is 1.08 bits per heavy atom. The number of carbonyl (C=O) groups is 2. The van der Waals surface area contributed by atoms with Crippen LogP contribution in [0.1, 0.15) is 65.7 Å². The van der Waals surface area contributed by atoms with Gasteiger partial charge in [0.25, 0.3) is 0 Å². The molecule has 8 atom stereocenters. The predicted molar refractivity (Wildman–Crippen MR) is 91.1 cm³/mol. The molecule has 1 heterocycles. The van der Waals surface area contributed by atoms with E-state index in [1.165, 1.54) is 0 Å². The van der Waals surface area contributed by atoms with Crippen LogP contribution in [0.3, 0.4) is 0 Å². The summed E-state index contributed by atoms with van der Waals surface area (Å²) in [6.45, 7) is 6.32. The molecule has 4 rings (SSSR count). The van der Waals surface area contributed by atoms with Crippen molar-refractivity contribution in [3.8, 4) is 0 Å². The van der Waals surface area contributed by atoms with Crippen LogP contribution >= 0.6 is 0 Å². The second kappa shape index (κ2) is 5.30. The summed E-state index contributed by atoms with van der Waals surface area (Å²) in [4.78, 5) is 25.0. The number of aliphatic hydroxyl groups excluding tert-OH is 1. The van der Waals surface area contributed by atoms with Crippen LogP contribution in [0.4, 0.5) is 0 Å². The Balaban J connectivity index is 1.67. The fourth-order valence-corrected chi connectivity index (χ4v) is 7.17. The van der Waals surface area contributed by atoms with Gasteiger partial charge in [-0.25, -0.2) is 0 Å². The Labute approximate surface area is 144 Å². The molecule has 1 aliphatic heterocycles. The standard InChI is InChI=1S/C20H31NO3/c1-11(22)13-4-5-14-17-15(7-9-19(13,14)2)20(3)8-6-12(23)10-16(20)18(24)21-17/h12-17,23H,4-10H2,1-3H3,(H,21,24)/t12-,13-,14+,15+,16-,17-,19-,20-/m1/s1. The average molecular weight is 333 g/mol. The number of carbonyl (C=O) groups excluding carboxylic acids is 2. The van der Waals surface area contributed by atoms with Gasteiger partial charge in [-0.2, -0.15) is 0 Å². The molecule has 3 aliphatic carbocycles. The van der Waals surface area contributed by atoms with Crippen molar-refractivity contribution < 1.29 is 14.7 Å². The highest BCUT2D eigenvalue weighted by Crippen LogP contribution is 2.63. The van der Waals surface area contributed by atoms with E-state index < -0.39 is 0 Å². The molecule has 1 amide bonds. The maximum atomic E-state index is 12.9. The van der Waals surface area contributed by atoms with Gasteiger partial charge >= 0.3 is 0 Å². The first-order valence-electron chi connectivity index (χ1n) is 9.76. The molecular formula is C20H31NO3. The molecule has 134 valence electrons. The van der Waals surface area contributed by atoms with Crippen LogP contribution in [0, 0.1) is 34.5 Å². The third-order valence-electron chi connectivity index (χ3n) is 8.55. The number of nitrogens with one attached hydrogen (secondary N) is 1. The molecule has 0 bridgehead atoms. The first-order valence-corrected chi connectivity index (χ1v) is 9.76. The van der Waals surface area contributed by atoms with E-state index in [4.69, 9.17) is 0 Å². The number of hydrogen-bond donors (Lipinski definition) is 2. The summed E-state index contributed by atoms with van der Waals surface area (Å²) in [6.07, 6.45) is 6.31. The molecular weight excluding hydrogens is 302 g/mol. The molecule has 1 saturated heterocycles. The van der Waals surface area contributed by atoms with Crippen molar-refractivity contribution in [3.63, 3.8) is 0 Å². The maximum Gasteiger partial charge on any atom is 0.224 e. The Kier molecular flexibility index (Phi) is 3.66. The number of hydrogen-bond acceptors (Lipinski definition) is 3. The van der Waals surface area contributed by atoms with Gasteiger partial charge in [-0.15, -0.1) is 0 Å². The lowest BCUT2D eigenvalue weighted by atomic mass is 9.48. The minimum atomic E-state index is -0.326. The molecule has 2 N–H and O–H groups in total. The lowest BCUT2D eigenvalue weighted by molar-refractivity contribution is -0.156. The molecule has 4 nitrogen and oxygen atoms in total. The fraction of sp³-hybridized carbons (Fsp3) is 0.900. The summed E-state index contributed by atoms with van der Waals surface area (Å²) >= 11 is 0. The minimum absolute atomic E-state index is 0.0157. The van der Waals surface area contributed by atoms with Crippen LogP contribution in [-0.2, 0) is 9.59 Å². The van der Waals surface area contributed by atoms with Gasteiger partial charge in [0.2, 0.25) is 5.91 Å². The van der Waals surface area contributed by atoms with Crippen LogP contribution in [0.15, 0.2) is 0 Å². The summed E-state index contributed by atoms with van der Waals surface area (Å²) in [5.74, 6) is 1.52. The van der Waals surface area contributed by atoms with Gasteiger partial charge in [-0.05, 0) is 74.5 Å². The van der Waals surface area contributed by atoms with E-state index in [0.29, 0.717) is 24.0 Å². The number of Topliss-reactive ketones (excluding diaryl/α,β-unsaturated/α-hetero) is 1. The zero-order valence-corrected chi connectivity index (χ0v) is 15.2. The van der Waals surface area contributed by atoms with Crippen molar-refractivity contribution >= 4 is 11.7 Å². The van der Waals surface area contributed by atoms with Crippen LogP contribution in [-0.4, -0.2) is 28.9 Å².